The molecule has 0 atom stereocenters. The molecule has 3 rings (SSSR count). The zero-order chi connectivity index (χ0) is 12.7. The predicted molar refractivity (Wildman–Crippen MR) is 65.0 cm³/mol. The van der Waals surface area contributed by atoms with Crippen molar-refractivity contribution < 1.29 is 13.2 Å². The summed E-state index contributed by atoms with van der Waals surface area (Å²) in [5, 5.41) is 0.589. The lowest BCUT2D eigenvalue weighted by Crippen LogP contribution is -1.95. The highest BCUT2D eigenvalue weighted by Gasteiger charge is 2.19. The van der Waals surface area contributed by atoms with Gasteiger partial charge in [-0.15, -0.1) is 0 Å². The van der Waals surface area contributed by atoms with E-state index in [-0.39, 0.29) is 5.39 Å². The second kappa shape index (κ2) is 4.30. The maximum atomic E-state index is 13.6. The number of halogens is 3. The van der Waals surface area contributed by atoms with Crippen LogP contribution < -0.4 is 0 Å². The summed E-state index contributed by atoms with van der Waals surface area (Å²) in [6, 6.07) is 6.25. The van der Waals surface area contributed by atoms with Gasteiger partial charge >= 0.3 is 0 Å². The third-order valence-electron chi connectivity index (χ3n) is 3.82. The highest BCUT2D eigenvalue weighted by molar-refractivity contribution is 5.84. The summed E-state index contributed by atoms with van der Waals surface area (Å²) in [6.07, 6.45) is 4.65. The molecular formula is C15H13F3. The van der Waals surface area contributed by atoms with Crippen LogP contribution in [0.3, 0.4) is 0 Å². The number of rotatable bonds is 1. The largest absolute Gasteiger partial charge is 0.204 e. The Kier molecular flexibility index (Phi) is 2.77. The second-order valence-electron chi connectivity index (χ2n) is 4.95. The van der Waals surface area contributed by atoms with E-state index in [0.717, 1.165) is 24.5 Å². The van der Waals surface area contributed by atoms with Crippen molar-refractivity contribution in [3.8, 4) is 0 Å². The molecule has 0 bridgehead atoms. The number of hydrogen-bond acceptors (Lipinski definition) is 0. The highest BCUT2D eigenvalue weighted by atomic mass is 19.2. The molecule has 3 heteroatoms. The Morgan fingerprint density at radius 1 is 0.889 bits per heavy atom. The molecule has 94 valence electrons. The topological polar surface area (TPSA) is 0 Å². The van der Waals surface area contributed by atoms with Crippen molar-refractivity contribution in [3.05, 3.63) is 47.3 Å². The van der Waals surface area contributed by atoms with E-state index in [1.807, 2.05) is 6.07 Å². The van der Waals surface area contributed by atoms with Crippen LogP contribution in [0.1, 0.15) is 37.2 Å². The maximum Gasteiger partial charge on any atom is 0.195 e. The Bertz CT molecular complexity index is 598. The van der Waals surface area contributed by atoms with E-state index < -0.39 is 17.5 Å². The lowest BCUT2D eigenvalue weighted by molar-refractivity contribution is 0.453. The van der Waals surface area contributed by atoms with Crippen LogP contribution in [0.4, 0.5) is 13.2 Å². The van der Waals surface area contributed by atoms with Gasteiger partial charge in [-0.25, -0.2) is 13.2 Å². The van der Waals surface area contributed by atoms with E-state index in [1.165, 1.54) is 12.8 Å². The number of benzene rings is 2. The van der Waals surface area contributed by atoms with Crippen LogP contribution in [0.2, 0.25) is 0 Å². The van der Waals surface area contributed by atoms with Crippen LogP contribution >= 0.6 is 0 Å². The minimum Gasteiger partial charge on any atom is -0.204 e. The Hall–Kier alpha value is -1.51. The minimum absolute atomic E-state index is 0.149. The summed E-state index contributed by atoms with van der Waals surface area (Å²) in [5.74, 6) is -3.13. The van der Waals surface area contributed by atoms with Gasteiger partial charge in [0.2, 0.25) is 0 Å². The van der Waals surface area contributed by atoms with Crippen LogP contribution in [0.5, 0.6) is 0 Å². The quantitative estimate of drug-likeness (QED) is 0.630. The molecule has 0 heterocycles. The first-order valence-electron chi connectivity index (χ1n) is 6.24. The number of hydrogen-bond donors (Lipinski definition) is 0. The van der Waals surface area contributed by atoms with Gasteiger partial charge in [0.05, 0.1) is 0 Å². The van der Waals surface area contributed by atoms with E-state index in [0.29, 0.717) is 11.3 Å². The first-order valence-corrected chi connectivity index (χ1v) is 6.24. The molecule has 0 radical (unpaired) electrons. The molecule has 0 aliphatic heterocycles. The molecule has 1 aliphatic rings. The van der Waals surface area contributed by atoms with Crippen molar-refractivity contribution in [1.29, 1.82) is 0 Å². The molecular weight excluding hydrogens is 237 g/mol. The first kappa shape index (κ1) is 11.6. The lowest BCUT2D eigenvalue weighted by Gasteiger charge is -2.11. The monoisotopic (exact) mass is 250 g/mol. The molecule has 0 unspecified atom stereocenters. The van der Waals surface area contributed by atoms with Crippen molar-refractivity contribution in [2.45, 2.75) is 31.6 Å². The molecule has 1 saturated carbocycles. The number of fused-ring (bicyclic) bond motifs is 1. The van der Waals surface area contributed by atoms with Crippen LogP contribution in [0.15, 0.2) is 24.3 Å². The van der Waals surface area contributed by atoms with E-state index >= 15 is 0 Å². The Morgan fingerprint density at radius 3 is 2.33 bits per heavy atom. The first-order chi connectivity index (χ1) is 8.66. The van der Waals surface area contributed by atoms with Crippen molar-refractivity contribution in [2.24, 2.45) is 0 Å². The average molecular weight is 250 g/mol. The molecule has 2 aromatic carbocycles. The third kappa shape index (κ3) is 1.78. The zero-order valence-electron chi connectivity index (χ0n) is 9.85. The van der Waals surface area contributed by atoms with Gasteiger partial charge in [-0.1, -0.05) is 31.0 Å². The van der Waals surface area contributed by atoms with E-state index in [1.54, 1.807) is 12.1 Å². The zero-order valence-corrected chi connectivity index (χ0v) is 9.85. The summed E-state index contributed by atoms with van der Waals surface area (Å²) in [6.45, 7) is 0. The molecule has 1 fully saturated rings. The summed E-state index contributed by atoms with van der Waals surface area (Å²) < 4.78 is 39.9. The average Bonchev–Trinajstić information content (AvgIpc) is 2.89. The summed E-state index contributed by atoms with van der Waals surface area (Å²) >= 11 is 0. The van der Waals surface area contributed by atoms with Gasteiger partial charge in [-0.3, -0.25) is 0 Å². The van der Waals surface area contributed by atoms with Crippen LogP contribution in [-0.2, 0) is 0 Å². The van der Waals surface area contributed by atoms with Gasteiger partial charge in [-0.2, -0.15) is 0 Å². The fourth-order valence-electron chi connectivity index (χ4n) is 2.84. The van der Waals surface area contributed by atoms with Gasteiger partial charge in [-0.05, 0) is 35.8 Å². The Morgan fingerprint density at radius 2 is 1.61 bits per heavy atom. The van der Waals surface area contributed by atoms with Crippen molar-refractivity contribution in [1.82, 2.24) is 0 Å². The molecule has 2 aromatic rings. The standard InChI is InChI=1S/C15H13F3/c16-13-8-11-7-10(9-3-1-2-4-9)5-6-12(11)14(17)15(13)18/h5-9H,1-4H2. The minimum atomic E-state index is -1.39. The molecule has 1 aliphatic carbocycles. The fourth-order valence-corrected chi connectivity index (χ4v) is 2.84. The fraction of sp³-hybridized carbons (Fsp3) is 0.333. The van der Waals surface area contributed by atoms with Crippen LogP contribution in [0.25, 0.3) is 10.8 Å². The Labute approximate surface area is 103 Å². The van der Waals surface area contributed by atoms with Crippen LogP contribution in [-0.4, -0.2) is 0 Å². The molecule has 0 aromatic heterocycles. The maximum absolute atomic E-state index is 13.6. The van der Waals surface area contributed by atoms with Crippen molar-refractivity contribution in [2.75, 3.05) is 0 Å². The molecule has 0 spiro atoms. The SMILES string of the molecule is Fc1cc2cc(C3CCCC3)ccc2c(F)c1F. The smallest absolute Gasteiger partial charge is 0.195 e. The molecule has 0 saturated heterocycles. The van der Waals surface area contributed by atoms with Gasteiger partial charge in [0, 0.05) is 5.39 Å². The van der Waals surface area contributed by atoms with Crippen molar-refractivity contribution >= 4 is 10.8 Å². The van der Waals surface area contributed by atoms with Crippen LogP contribution in [0, 0.1) is 17.5 Å². The Balaban J connectivity index is 2.14. The van der Waals surface area contributed by atoms with E-state index in [2.05, 4.69) is 0 Å². The van der Waals surface area contributed by atoms with Gasteiger partial charge in [0.15, 0.2) is 17.5 Å². The predicted octanol–water partition coefficient (Wildman–Crippen LogP) is 4.91. The molecule has 18 heavy (non-hydrogen) atoms. The lowest BCUT2D eigenvalue weighted by atomic mass is 9.95. The van der Waals surface area contributed by atoms with Crippen molar-refractivity contribution in [3.63, 3.8) is 0 Å². The summed E-state index contributed by atoms with van der Waals surface area (Å²) in [5.41, 5.74) is 1.10. The van der Waals surface area contributed by atoms with E-state index in [4.69, 9.17) is 0 Å². The third-order valence-corrected chi connectivity index (χ3v) is 3.82. The normalized spacial score (nSPS) is 16.6. The molecule has 0 nitrogen and oxygen atoms in total. The van der Waals surface area contributed by atoms with E-state index in [9.17, 15) is 13.2 Å². The highest BCUT2D eigenvalue weighted by Crippen LogP contribution is 2.36. The van der Waals surface area contributed by atoms with Gasteiger partial charge in [0.1, 0.15) is 0 Å². The van der Waals surface area contributed by atoms with Gasteiger partial charge < -0.3 is 0 Å². The molecule has 0 amide bonds. The molecule has 0 N–H and O–H groups in total. The summed E-state index contributed by atoms with van der Waals surface area (Å²) in [7, 11) is 0. The summed E-state index contributed by atoms with van der Waals surface area (Å²) in [4.78, 5) is 0. The van der Waals surface area contributed by atoms with Gasteiger partial charge in [0.25, 0.3) is 0 Å². The second-order valence-corrected chi connectivity index (χ2v) is 4.95.